The third-order valence-electron chi connectivity index (χ3n) is 3.53. The summed E-state index contributed by atoms with van der Waals surface area (Å²) >= 11 is 1.46. The lowest BCUT2D eigenvalue weighted by molar-refractivity contribution is -0.124. The van der Waals surface area contributed by atoms with Crippen molar-refractivity contribution in [1.82, 2.24) is 4.98 Å². The fourth-order valence-electron chi connectivity index (χ4n) is 2.39. The minimum atomic E-state index is -0.796. The number of rotatable bonds is 3. The monoisotopic (exact) mass is 268 g/mol. The minimum absolute atomic E-state index is 0.0475. The first-order valence-electron chi connectivity index (χ1n) is 6.41. The number of amides is 1. The largest absolute Gasteiger partial charge is 0.389 e. The molecule has 0 atom stereocenters. The molecule has 18 heavy (non-hydrogen) atoms. The van der Waals surface area contributed by atoms with Crippen molar-refractivity contribution >= 4 is 22.4 Å². The van der Waals surface area contributed by atoms with E-state index in [4.69, 9.17) is 0 Å². The van der Waals surface area contributed by atoms with Crippen LogP contribution >= 0.6 is 11.3 Å². The van der Waals surface area contributed by atoms with Gasteiger partial charge in [0.2, 0.25) is 5.91 Å². The van der Waals surface area contributed by atoms with Gasteiger partial charge in [-0.3, -0.25) is 9.69 Å². The lowest BCUT2D eigenvalue weighted by Gasteiger charge is -2.32. The highest BCUT2D eigenvalue weighted by atomic mass is 32.1. The lowest BCUT2D eigenvalue weighted by atomic mass is 9.82. The summed E-state index contributed by atoms with van der Waals surface area (Å²) in [6.45, 7) is 1.91. The summed E-state index contributed by atoms with van der Waals surface area (Å²) in [5.74, 6) is -0.0475. The van der Waals surface area contributed by atoms with Gasteiger partial charge in [0.25, 0.3) is 0 Å². The molecular weight excluding hydrogens is 248 g/mol. The van der Waals surface area contributed by atoms with E-state index in [1.807, 2.05) is 12.3 Å². The second kappa shape index (κ2) is 5.36. The van der Waals surface area contributed by atoms with E-state index in [2.05, 4.69) is 4.98 Å². The number of thiazole rings is 1. The smallest absolute Gasteiger partial charge is 0.231 e. The van der Waals surface area contributed by atoms with E-state index in [0.29, 0.717) is 5.13 Å². The molecular formula is C13H20N2O2S. The molecule has 0 unspecified atom stereocenters. The Morgan fingerprint density at radius 2 is 2.17 bits per heavy atom. The Balaban J connectivity index is 1.98. The summed E-state index contributed by atoms with van der Waals surface area (Å²) in [7, 11) is 1.73. The van der Waals surface area contributed by atoms with Gasteiger partial charge in [-0.1, -0.05) is 19.3 Å². The second-order valence-corrected chi connectivity index (χ2v) is 6.02. The highest BCUT2D eigenvalue weighted by molar-refractivity contribution is 7.14. The van der Waals surface area contributed by atoms with Crippen LogP contribution in [0.4, 0.5) is 5.13 Å². The number of hydrogen-bond acceptors (Lipinski definition) is 4. The molecule has 1 aliphatic carbocycles. The van der Waals surface area contributed by atoms with Gasteiger partial charge in [0.15, 0.2) is 5.13 Å². The summed E-state index contributed by atoms with van der Waals surface area (Å²) in [6, 6.07) is 0. The number of aliphatic hydroxyl groups is 1. The zero-order valence-corrected chi connectivity index (χ0v) is 11.8. The van der Waals surface area contributed by atoms with E-state index < -0.39 is 5.60 Å². The van der Waals surface area contributed by atoms with E-state index in [1.54, 1.807) is 11.9 Å². The molecule has 1 aromatic rings. The third kappa shape index (κ3) is 3.09. The number of aryl methyl sites for hydroxylation is 1. The molecule has 4 nitrogen and oxygen atoms in total. The predicted octanol–water partition coefficient (Wildman–Crippen LogP) is 2.50. The first-order chi connectivity index (χ1) is 8.50. The molecule has 1 amide bonds. The van der Waals surface area contributed by atoms with Crippen molar-refractivity contribution in [3.63, 3.8) is 0 Å². The fourth-order valence-corrected chi connectivity index (χ4v) is 3.17. The number of anilines is 1. The Morgan fingerprint density at radius 1 is 1.50 bits per heavy atom. The number of carbonyl (C=O) groups is 1. The molecule has 0 bridgehead atoms. The van der Waals surface area contributed by atoms with E-state index in [1.165, 1.54) is 11.3 Å². The van der Waals surface area contributed by atoms with Crippen LogP contribution in [0.5, 0.6) is 0 Å². The number of nitrogens with zero attached hydrogens (tertiary/aromatic N) is 2. The molecule has 1 N–H and O–H groups in total. The van der Waals surface area contributed by atoms with Crippen molar-refractivity contribution < 1.29 is 9.90 Å². The fraction of sp³-hybridized carbons (Fsp3) is 0.692. The summed E-state index contributed by atoms with van der Waals surface area (Å²) in [4.78, 5) is 18.0. The maximum absolute atomic E-state index is 12.2. The Morgan fingerprint density at radius 3 is 2.72 bits per heavy atom. The van der Waals surface area contributed by atoms with Gasteiger partial charge >= 0.3 is 0 Å². The van der Waals surface area contributed by atoms with Crippen LogP contribution in [0.2, 0.25) is 0 Å². The van der Waals surface area contributed by atoms with Crippen molar-refractivity contribution in [2.24, 2.45) is 0 Å². The van der Waals surface area contributed by atoms with Gasteiger partial charge in [0.1, 0.15) is 0 Å². The van der Waals surface area contributed by atoms with Gasteiger partial charge in [0.05, 0.1) is 17.7 Å². The molecule has 2 rings (SSSR count). The van der Waals surface area contributed by atoms with E-state index >= 15 is 0 Å². The zero-order valence-electron chi connectivity index (χ0n) is 11.0. The van der Waals surface area contributed by atoms with Gasteiger partial charge in [-0.25, -0.2) is 4.98 Å². The summed E-state index contributed by atoms with van der Waals surface area (Å²) in [5.41, 5.74) is 0.127. The first-order valence-corrected chi connectivity index (χ1v) is 7.29. The maximum atomic E-state index is 12.2. The molecule has 0 aromatic carbocycles. The molecule has 0 spiro atoms. The Labute approximate surface area is 112 Å². The lowest BCUT2D eigenvalue weighted by Crippen LogP contribution is -2.39. The summed E-state index contributed by atoms with van der Waals surface area (Å²) in [6.07, 6.45) is 4.89. The van der Waals surface area contributed by atoms with Crippen molar-refractivity contribution in [2.45, 2.75) is 51.0 Å². The molecule has 1 heterocycles. The quantitative estimate of drug-likeness (QED) is 0.916. The second-order valence-electron chi connectivity index (χ2n) is 5.19. The van der Waals surface area contributed by atoms with Crippen LogP contribution in [-0.4, -0.2) is 28.6 Å². The minimum Gasteiger partial charge on any atom is -0.389 e. The maximum Gasteiger partial charge on any atom is 0.231 e. The van der Waals surface area contributed by atoms with Gasteiger partial charge in [-0.15, -0.1) is 11.3 Å². The van der Waals surface area contributed by atoms with Crippen molar-refractivity contribution in [3.05, 3.63) is 11.1 Å². The molecule has 1 fully saturated rings. The zero-order chi connectivity index (χ0) is 13.2. The van der Waals surface area contributed by atoms with Crippen LogP contribution in [0.15, 0.2) is 5.38 Å². The molecule has 5 heteroatoms. The van der Waals surface area contributed by atoms with Gasteiger partial charge in [0, 0.05) is 12.4 Å². The topological polar surface area (TPSA) is 53.4 Å². The van der Waals surface area contributed by atoms with Crippen molar-refractivity contribution in [3.8, 4) is 0 Å². The Kier molecular flexibility index (Phi) is 4.02. The SMILES string of the molecule is Cc1csc(N(C)C(=O)CC2(O)CCCCC2)n1. The van der Waals surface area contributed by atoms with Gasteiger partial charge in [-0.05, 0) is 19.8 Å². The van der Waals surface area contributed by atoms with Crippen LogP contribution in [0.25, 0.3) is 0 Å². The number of carbonyl (C=O) groups excluding carboxylic acids is 1. The Bertz CT molecular complexity index is 424. The molecule has 100 valence electrons. The van der Waals surface area contributed by atoms with Crippen LogP contribution in [0, 0.1) is 6.92 Å². The van der Waals surface area contributed by atoms with Crippen LogP contribution in [-0.2, 0) is 4.79 Å². The summed E-state index contributed by atoms with van der Waals surface area (Å²) < 4.78 is 0. The normalized spacial score (nSPS) is 18.6. The standard InChI is InChI=1S/C13H20N2O2S/c1-10-9-18-12(14-10)15(2)11(16)8-13(17)6-4-3-5-7-13/h9,17H,3-8H2,1-2H3. The van der Waals surface area contributed by atoms with Crippen molar-refractivity contribution in [2.75, 3.05) is 11.9 Å². The molecule has 1 aliphatic rings. The molecule has 1 saturated carbocycles. The van der Waals surface area contributed by atoms with Crippen LogP contribution in [0.1, 0.15) is 44.2 Å². The van der Waals surface area contributed by atoms with E-state index in [-0.39, 0.29) is 12.3 Å². The average molecular weight is 268 g/mol. The first kappa shape index (κ1) is 13.5. The predicted molar refractivity (Wildman–Crippen MR) is 72.9 cm³/mol. The number of aromatic nitrogens is 1. The molecule has 0 aliphatic heterocycles. The molecule has 1 aromatic heterocycles. The van der Waals surface area contributed by atoms with Crippen LogP contribution in [0.3, 0.4) is 0 Å². The van der Waals surface area contributed by atoms with Crippen LogP contribution < -0.4 is 4.90 Å². The van der Waals surface area contributed by atoms with E-state index in [0.717, 1.165) is 37.8 Å². The van der Waals surface area contributed by atoms with E-state index in [9.17, 15) is 9.90 Å². The third-order valence-corrected chi connectivity index (χ3v) is 4.57. The Hall–Kier alpha value is -0.940. The average Bonchev–Trinajstić information content (AvgIpc) is 2.75. The number of hydrogen-bond donors (Lipinski definition) is 1. The van der Waals surface area contributed by atoms with Gasteiger partial charge in [-0.2, -0.15) is 0 Å². The molecule has 0 saturated heterocycles. The molecule has 0 radical (unpaired) electrons. The highest BCUT2D eigenvalue weighted by Crippen LogP contribution is 2.32. The highest BCUT2D eigenvalue weighted by Gasteiger charge is 2.33. The van der Waals surface area contributed by atoms with Crippen molar-refractivity contribution in [1.29, 1.82) is 0 Å². The summed E-state index contributed by atoms with van der Waals surface area (Å²) in [5, 5.41) is 13.0. The van der Waals surface area contributed by atoms with Gasteiger partial charge < -0.3 is 5.11 Å².